The van der Waals surface area contributed by atoms with E-state index in [1.165, 1.54) is 27.8 Å². The summed E-state index contributed by atoms with van der Waals surface area (Å²) in [6, 6.07) is 7.27. The Morgan fingerprint density at radius 1 is 1.06 bits per heavy atom. The van der Waals surface area contributed by atoms with Crippen molar-refractivity contribution >= 4 is 5.91 Å². The van der Waals surface area contributed by atoms with Gasteiger partial charge in [0.1, 0.15) is 17.5 Å². The van der Waals surface area contributed by atoms with Crippen LogP contribution in [-0.2, 0) is 0 Å². The first-order valence-electron chi connectivity index (χ1n) is 10.2. The van der Waals surface area contributed by atoms with Gasteiger partial charge in [0.15, 0.2) is 11.4 Å². The van der Waals surface area contributed by atoms with Gasteiger partial charge in [0, 0.05) is 18.0 Å². The number of halogens is 3. The lowest BCUT2D eigenvalue weighted by molar-refractivity contribution is 0.0564. The molecule has 2 aromatic carbocycles. The van der Waals surface area contributed by atoms with Crippen molar-refractivity contribution in [3.63, 3.8) is 0 Å². The van der Waals surface area contributed by atoms with E-state index in [0.29, 0.717) is 24.9 Å². The van der Waals surface area contributed by atoms with E-state index in [2.05, 4.69) is 5.10 Å². The maximum Gasteiger partial charge on any atom is 0.276 e. The van der Waals surface area contributed by atoms with Gasteiger partial charge in [-0.15, -0.1) is 0 Å². The van der Waals surface area contributed by atoms with E-state index in [1.54, 1.807) is 6.07 Å². The van der Waals surface area contributed by atoms with Crippen LogP contribution in [0.5, 0.6) is 5.75 Å². The van der Waals surface area contributed by atoms with E-state index in [-0.39, 0.29) is 11.3 Å². The molecule has 164 valence electrons. The summed E-state index contributed by atoms with van der Waals surface area (Å²) in [7, 11) is 0. The van der Waals surface area contributed by atoms with Crippen molar-refractivity contribution in [3.05, 3.63) is 93.2 Å². The molecule has 1 fully saturated rings. The molecular formula is C23H18F3N3O3. The number of nitrogens with zero attached hydrogens (tertiary/aromatic N) is 3. The summed E-state index contributed by atoms with van der Waals surface area (Å²) in [6.45, 7) is 0.379. The van der Waals surface area contributed by atoms with E-state index >= 15 is 4.39 Å². The molecule has 2 aliphatic heterocycles. The number of carbonyl (C=O) groups excluding carboxylic acids is 1. The molecule has 6 nitrogen and oxygen atoms in total. The highest BCUT2D eigenvalue weighted by Crippen LogP contribution is 2.46. The number of carbonyl (C=O) groups is 1. The summed E-state index contributed by atoms with van der Waals surface area (Å²) in [5.74, 6) is -4.19. The minimum Gasteiger partial charge on any atom is -0.502 e. The van der Waals surface area contributed by atoms with Crippen LogP contribution >= 0.6 is 0 Å². The largest absolute Gasteiger partial charge is 0.502 e. The zero-order valence-electron chi connectivity index (χ0n) is 16.7. The van der Waals surface area contributed by atoms with Gasteiger partial charge in [-0.25, -0.2) is 13.2 Å². The van der Waals surface area contributed by atoms with Gasteiger partial charge in [-0.2, -0.15) is 5.10 Å². The van der Waals surface area contributed by atoms with E-state index in [0.717, 1.165) is 24.4 Å². The van der Waals surface area contributed by atoms with Crippen molar-refractivity contribution in [1.82, 2.24) is 14.7 Å². The second kappa shape index (κ2) is 7.51. The van der Waals surface area contributed by atoms with Crippen molar-refractivity contribution in [3.8, 4) is 5.75 Å². The monoisotopic (exact) mass is 441 g/mol. The fraction of sp³-hybridized carbons (Fsp3) is 0.261. The number of hydrogen-bond acceptors (Lipinski definition) is 4. The average Bonchev–Trinajstić information content (AvgIpc) is 3.25. The van der Waals surface area contributed by atoms with Gasteiger partial charge < -0.3 is 10.0 Å². The van der Waals surface area contributed by atoms with Crippen molar-refractivity contribution < 1.29 is 23.1 Å². The molecule has 0 unspecified atom stereocenters. The Labute approximate surface area is 180 Å². The standard InChI is InChI=1S/C23H18F3N3O3/c24-13-4-1-3-12(9-13)19(15-10-14(25)6-7-16(15)26)20-17-5-2-8-28(17)23(32)21-22(31)18(30)11-27-29(20)21/h1,3-4,6-7,9-11,17,19-20,31H,2,5,8H2/t17-,19-,20-/m1/s1. The molecule has 2 aliphatic rings. The van der Waals surface area contributed by atoms with Crippen molar-refractivity contribution in [2.24, 2.45) is 0 Å². The third-order valence-corrected chi connectivity index (χ3v) is 6.27. The molecule has 0 spiro atoms. The molecule has 3 heterocycles. The van der Waals surface area contributed by atoms with Crippen LogP contribution < -0.4 is 5.43 Å². The zero-order valence-corrected chi connectivity index (χ0v) is 16.7. The first-order chi connectivity index (χ1) is 15.4. The van der Waals surface area contributed by atoms with Gasteiger partial charge in [0.25, 0.3) is 5.91 Å². The molecule has 1 amide bonds. The number of amides is 1. The second-order valence-corrected chi connectivity index (χ2v) is 8.05. The minimum absolute atomic E-state index is 0.0345. The van der Waals surface area contributed by atoms with E-state index in [4.69, 9.17) is 0 Å². The minimum atomic E-state index is -0.951. The van der Waals surface area contributed by atoms with E-state index in [9.17, 15) is 23.5 Å². The van der Waals surface area contributed by atoms with Gasteiger partial charge in [-0.3, -0.25) is 14.3 Å². The van der Waals surface area contributed by atoms with Crippen LogP contribution in [0.25, 0.3) is 0 Å². The molecule has 3 aromatic rings. The van der Waals surface area contributed by atoms with Crippen LogP contribution in [0.15, 0.2) is 53.5 Å². The highest BCUT2D eigenvalue weighted by molar-refractivity contribution is 5.96. The number of rotatable bonds is 3. The Balaban J connectivity index is 1.82. The van der Waals surface area contributed by atoms with Crippen LogP contribution in [-0.4, -0.2) is 38.3 Å². The van der Waals surface area contributed by atoms with Crippen LogP contribution in [0.4, 0.5) is 13.2 Å². The van der Waals surface area contributed by atoms with Crippen LogP contribution in [0.2, 0.25) is 0 Å². The fourth-order valence-electron chi connectivity index (χ4n) is 4.96. The van der Waals surface area contributed by atoms with Gasteiger partial charge in [0.05, 0.1) is 18.3 Å². The third kappa shape index (κ3) is 3.07. The lowest BCUT2D eigenvalue weighted by atomic mass is 9.79. The SMILES string of the molecule is O=C1c2c(O)c(=O)cnn2[C@@H]([C@H](c2cccc(F)c2)c2cc(F)ccc2F)[C@H]2CCCN12. The Kier molecular flexibility index (Phi) is 4.76. The quantitative estimate of drug-likeness (QED) is 0.677. The molecule has 1 aromatic heterocycles. The smallest absolute Gasteiger partial charge is 0.276 e. The van der Waals surface area contributed by atoms with Crippen molar-refractivity contribution in [1.29, 1.82) is 0 Å². The van der Waals surface area contributed by atoms with E-state index in [1.807, 2.05) is 0 Å². The summed E-state index contributed by atoms with van der Waals surface area (Å²) >= 11 is 0. The van der Waals surface area contributed by atoms with Gasteiger partial charge >= 0.3 is 0 Å². The number of hydrogen-bond donors (Lipinski definition) is 1. The number of fused-ring (bicyclic) bond motifs is 2. The number of aromatic nitrogens is 2. The maximum atomic E-state index is 15.0. The summed E-state index contributed by atoms with van der Waals surface area (Å²) in [4.78, 5) is 26.6. The number of aromatic hydroxyl groups is 1. The molecule has 0 saturated carbocycles. The Hall–Kier alpha value is -3.62. The Bertz CT molecular complexity index is 1290. The predicted octanol–water partition coefficient (Wildman–Crippen LogP) is 3.36. The molecule has 0 radical (unpaired) electrons. The molecule has 0 bridgehead atoms. The first-order valence-corrected chi connectivity index (χ1v) is 10.2. The molecule has 3 atom stereocenters. The highest BCUT2D eigenvalue weighted by atomic mass is 19.1. The van der Waals surface area contributed by atoms with Crippen LogP contribution in [0, 0.1) is 17.5 Å². The number of benzene rings is 2. The summed E-state index contributed by atoms with van der Waals surface area (Å²) in [5, 5.41) is 14.5. The molecule has 1 saturated heterocycles. The summed E-state index contributed by atoms with van der Waals surface area (Å²) < 4.78 is 44.6. The second-order valence-electron chi connectivity index (χ2n) is 8.05. The van der Waals surface area contributed by atoms with E-state index < -0.39 is 52.5 Å². The summed E-state index contributed by atoms with van der Waals surface area (Å²) in [6.07, 6.45) is 2.08. The molecule has 0 aliphatic carbocycles. The lowest BCUT2D eigenvalue weighted by Gasteiger charge is -2.42. The van der Waals surface area contributed by atoms with Crippen LogP contribution in [0.1, 0.15) is 46.4 Å². The molecule has 1 N–H and O–H groups in total. The fourth-order valence-corrected chi connectivity index (χ4v) is 4.96. The molecule has 9 heteroatoms. The topological polar surface area (TPSA) is 75.4 Å². The summed E-state index contributed by atoms with van der Waals surface area (Å²) in [5.41, 5.74) is -0.807. The van der Waals surface area contributed by atoms with Crippen molar-refractivity contribution in [2.45, 2.75) is 30.8 Å². The van der Waals surface area contributed by atoms with Crippen molar-refractivity contribution in [2.75, 3.05) is 6.54 Å². The third-order valence-electron chi connectivity index (χ3n) is 6.27. The maximum absolute atomic E-state index is 15.0. The Morgan fingerprint density at radius 2 is 1.84 bits per heavy atom. The molecular weight excluding hydrogens is 423 g/mol. The van der Waals surface area contributed by atoms with Gasteiger partial charge in [-0.05, 0) is 48.7 Å². The zero-order chi connectivity index (χ0) is 22.6. The average molecular weight is 441 g/mol. The van der Waals surface area contributed by atoms with Gasteiger partial charge in [-0.1, -0.05) is 12.1 Å². The predicted molar refractivity (Wildman–Crippen MR) is 108 cm³/mol. The lowest BCUT2D eigenvalue weighted by Crippen LogP contribution is -2.51. The van der Waals surface area contributed by atoms with Crippen LogP contribution in [0.3, 0.4) is 0 Å². The normalized spacial score (nSPS) is 20.7. The molecule has 5 rings (SSSR count). The highest BCUT2D eigenvalue weighted by Gasteiger charge is 2.48. The Morgan fingerprint density at radius 3 is 2.62 bits per heavy atom. The molecule has 32 heavy (non-hydrogen) atoms. The first kappa shape index (κ1) is 20.3. The van der Waals surface area contributed by atoms with Gasteiger partial charge in [0.2, 0.25) is 5.43 Å².